The first kappa shape index (κ1) is 22.8. The van der Waals surface area contributed by atoms with Crippen molar-refractivity contribution in [1.82, 2.24) is 0 Å². The molecule has 1 aromatic heterocycles. The molecular weight excluding hydrogens is 482 g/mol. The van der Waals surface area contributed by atoms with E-state index in [4.69, 9.17) is 14.2 Å². The highest BCUT2D eigenvalue weighted by Gasteiger charge is 2.23. The molecule has 0 radical (unpaired) electrons. The second-order valence-corrected chi connectivity index (χ2v) is 8.12. The van der Waals surface area contributed by atoms with Crippen LogP contribution in [0.3, 0.4) is 0 Å². The van der Waals surface area contributed by atoms with E-state index in [1.54, 1.807) is 19.1 Å². The van der Waals surface area contributed by atoms with Crippen molar-refractivity contribution in [2.24, 2.45) is 0 Å². The number of hydrogen-bond acceptors (Lipinski definition) is 6. The number of benzene rings is 2. The van der Waals surface area contributed by atoms with E-state index in [0.29, 0.717) is 28.5 Å². The number of carbonyl (C=O) groups excluding carboxylic acids is 2. The van der Waals surface area contributed by atoms with Gasteiger partial charge in [0, 0.05) is 15.4 Å². The maximum absolute atomic E-state index is 12.7. The van der Waals surface area contributed by atoms with Gasteiger partial charge in [-0.2, -0.15) is 0 Å². The van der Waals surface area contributed by atoms with E-state index in [0.717, 1.165) is 15.8 Å². The van der Waals surface area contributed by atoms with Crippen molar-refractivity contribution in [2.75, 3.05) is 25.1 Å². The van der Waals surface area contributed by atoms with Crippen LogP contribution in [0, 0.1) is 0 Å². The summed E-state index contributed by atoms with van der Waals surface area (Å²) in [5, 5.41) is 5.02. The number of esters is 1. The average molecular weight is 504 g/mol. The summed E-state index contributed by atoms with van der Waals surface area (Å²) in [4.78, 5) is 25.1. The Labute approximate surface area is 193 Å². The Bertz CT molecular complexity index is 1030. The molecule has 8 heteroatoms. The monoisotopic (exact) mass is 503 g/mol. The Morgan fingerprint density at radius 1 is 0.935 bits per heavy atom. The van der Waals surface area contributed by atoms with Crippen LogP contribution in [0.1, 0.15) is 24.2 Å². The molecule has 0 aliphatic rings. The van der Waals surface area contributed by atoms with Crippen molar-refractivity contribution in [3.63, 3.8) is 0 Å². The SMILES string of the molecule is CCOC(=O)c1c(-c2ccc(OCC)cc2)csc1NC(=O)COc1ccc(Br)cc1. The van der Waals surface area contributed by atoms with Crippen LogP contribution >= 0.6 is 27.3 Å². The van der Waals surface area contributed by atoms with Crippen molar-refractivity contribution in [2.45, 2.75) is 13.8 Å². The van der Waals surface area contributed by atoms with Crippen LogP contribution in [0.25, 0.3) is 11.1 Å². The van der Waals surface area contributed by atoms with E-state index in [1.165, 1.54) is 11.3 Å². The Balaban J connectivity index is 1.78. The molecule has 0 saturated heterocycles. The molecule has 1 heterocycles. The van der Waals surface area contributed by atoms with E-state index in [2.05, 4.69) is 21.2 Å². The standard InChI is InChI=1S/C23H22BrNO5S/c1-3-28-17-9-5-15(6-10-17)19-14-31-22(21(19)23(27)29-4-2)25-20(26)13-30-18-11-7-16(24)8-12-18/h5-12,14H,3-4,13H2,1-2H3,(H,25,26). The molecule has 0 atom stereocenters. The average Bonchev–Trinajstić information content (AvgIpc) is 3.18. The van der Waals surface area contributed by atoms with Crippen LogP contribution in [-0.2, 0) is 9.53 Å². The second kappa shape index (κ2) is 11.0. The molecule has 0 spiro atoms. The minimum atomic E-state index is -0.489. The lowest BCUT2D eigenvalue weighted by molar-refractivity contribution is -0.118. The quantitative estimate of drug-likeness (QED) is 0.375. The van der Waals surface area contributed by atoms with E-state index in [9.17, 15) is 9.59 Å². The van der Waals surface area contributed by atoms with E-state index >= 15 is 0 Å². The van der Waals surface area contributed by atoms with E-state index < -0.39 is 5.97 Å². The first-order chi connectivity index (χ1) is 15.0. The summed E-state index contributed by atoms with van der Waals surface area (Å²) in [6.07, 6.45) is 0. The molecule has 0 unspecified atom stereocenters. The molecule has 162 valence electrons. The number of thiophene rings is 1. The van der Waals surface area contributed by atoms with Crippen LogP contribution in [0.4, 0.5) is 5.00 Å². The zero-order valence-corrected chi connectivity index (χ0v) is 19.5. The summed E-state index contributed by atoms with van der Waals surface area (Å²) in [5.41, 5.74) is 1.85. The first-order valence-electron chi connectivity index (χ1n) is 9.71. The summed E-state index contributed by atoms with van der Waals surface area (Å²) in [7, 11) is 0. The van der Waals surface area contributed by atoms with Gasteiger partial charge in [-0.25, -0.2) is 4.79 Å². The maximum atomic E-state index is 12.7. The fourth-order valence-corrected chi connectivity index (χ4v) is 4.05. The lowest BCUT2D eigenvalue weighted by atomic mass is 10.0. The van der Waals surface area contributed by atoms with Crippen molar-refractivity contribution in [3.8, 4) is 22.6 Å². The highest BCUT2D eigenvalue weighted by molar-refractivity contribution is 9.10. The molecule has 31 heavy (non-hydrogen) atoms. The normalized spacial score (nSPS) is 10.4. The van der Waals surface area contributed by atoms with Gasteiger partial charge in [0.05, 0.1) is 13.2 Å². The molecule has 0 bridgehead atoms. The molecule has 0 aliphatic carbocycles. The summed E-state index contributed by atoms with van der Waals surface area (Å²) < 4.78 is 17.1. The fourth-order valence-electron chi connectivity index (χ4n) is 2.81. The summed E-state index contributed by atoms with van der Waals surface area (Å²) in [6, 6.07) is 14.6. The summed E-state index contributed by atoms with van der Waals surface area (Å²) >= 11 is 4.62. The predicted octanol–water partition coefficient (Wildman–Crippen LogP) is 5.77. The Kier molecular flexibility index (Phi) is 8.08. The number of anilines is 1. The summed E-state index contributed by atoms with van der Waals surface area (Å²) in [5.74, 6) is 0.466. The van der Waals surface area contributed by atoms with Gasteiger partial charge in [-0.15, -0.1) is 11.3 Å². The van der Waals surface area contributed by atoms with Crippen LogP contribution in [0.15, 0.2) is 58.4 Å². The minimum absolute atomic E-state index is 0.180. The van der Waals surface area contributed by atoms with E-state index in [-0.39, 0.29) is 19.1 Å². The molecule has 6 nitrogen and oxygen atoms in total. The van der Waals surface area contributed by atoms with Gasteiger partial charge >= 0.3 is 5.97 Å². The van der Waals surface area contributed by atoms with Crippen LogP contribution in [-0.4, -0.2) is 31.7 Å². The lowest BCUT2D eigenvalue weighted by Gasteiger charge is -2.10. The van der Waals surface area contributed by atoms with Gasteiger partial charge in [0.1, 0.15) is 22.1 Å². The third-order valence-electron chi connectivity index (χ3n) is 4.18. The number of rotatable bonds is 9. The molecule has 3 rings (SSSR count). The first-order valence-corrected chi connectivity index (χ1v) is 11.4. The molecule has 3 aromatic rings. The van der Waals surface area contributed by atoms with Crippen LogP contribution < -0.4 is 14.8 Å². The van der Waals surface area contributed by atoms with Gasteiger partial charge in [0.2, 0.25) is 0 Å². The van der Waals surface area contributed by atoms with Crippen molar-refractivity contribution in [3.05, 3.63) is 63.9 Å². The topological polar surface area (TPSA) is 73.9 Å². The minimum Gasteiger partial charge on any atom is -0.494 e. The van der Waals surface area contributed by atoms with Gasteiger partial charge in [0.25, 0.3) is 5.91 Å². The van der Waals surface area contributed by atoms with Crippen LogP contribution in [0.2, 0.25) is 0 Å². The van der Waals surface area contributed by atoms with Gasteiger partial charge in [-0.3, -0.25) is 4.79 Å². The zero-order valence-electron chi connectivity index (χ0n) is 17.1. The highest BCUT2D eigenvalue weighted by atomic mass is 79.9. The van der Waals surface area contributed by atoms with Gasteiger partial charge in [0.15, 0.2) is 6.61 Å². The Morgan fingerprint density at radius 3 is 2.23 bits per heavy atom. The number of nitrogens with one attached hydrogen (secondary N) is 1. The number of hydrogen-bond donors (Lipinski definition) is 1. The number of carbonyl (C=O) groups is 2. The third kappa shape index (κ3) is 6.08. The maximum Gasteiger partial charge on any atom is 0.341 e. The molecule has 0 saturated carbocycles. The highest BCUT2D eigenvalue weighted by Crippen LogP contribution is 2.37. The van der Waals surface area contributed by atoms with Crippen molar-refractivity contribution in [1.29, 1.82) is 0 Å². The predicted molar refractivity (Wildman–Crippen MR) is 125 cm³/mol. The van der Waals surface area contributed by atoms with Gasteiger partial charge in [-0.05, 0) is 55.8 Å². The smallest absolute Gasteiger partial charge is 0.341 e. The Hall–Kier alpha value is -2.84. The Morgan fingerprint density at radius 2 is 1.58 bits per heavy atom. The molecule has 0 aliphatic heterocycles. The summed E-state index contributed by atoms with van der Waals surface area (Å²) in [6.45, 7) is 4.29. The molecule has 0 fully saturated rings. The molecule has 1 N–H and O–H groups in total. The van der Waals surface area contributed by atoms with E-state index in [1.807, 2.05) is 48.7 Å². The van der Waals surface area contributed by atoms with Crippen molar-refractivity contribution >= 4 is 44.1 Å². The molecule has 2 aromatic carbocycles. The number of ether oxygens (including phenoxy) is 3. The lowest BCUT2D eigenvalue weighted by Crippen LogP contribution is -2.21. The van der Waals surface area contributed by atoms with Gasteiger partial charge < -0.3 is 19.5 Å². The second-order valence-electron chi connectivity index (χ2n) is 6.32. The number of halogens is 1. The largest absolute Gasteiger partial charge is 0.494 e. The molecular formula is C23H22BrNO5S. The van der Waals surface area contributed by atoms with Crippen LogP contribution in [0.5, 0.6) is 11.5 Å². The molecule has 1 amide bonds. The zero-order chi connectivity index (χ0) is 22.2. The fraction of sp³-hybridized carbons (Fsp3) is 0.217. The van der Waals surface area contributed by atoms with Gasteiger partial charge in [-0.1, -0.05) is 28.1 Å². The van der Waals surface area contributed by atoms with Crippen molar-refractivity contribution < 1.29 is 23.8 Å². The third-order valence-corrected chi connectivity index (χ3v) is 5.61. The number of amides is 1.